The first-order chi connectivity index (χ1) is 9.76. The normalized spacial score (nSPS) is 12.3. The van der Waals surface area contributed by atoms with Crippen molar-refractivity contribution in [3.63, 3.8) is 0 Å². The summed E-state index contributed by atoms with van der Waals surface area (Å²) >= 11 is 5.47. The van der Waals surface area contributed by atoms with Crippen molar-refractivity contribution >= 4 is 27.7 Å². The molecule has 20 heavy (non-hydrogen) atoms. The van der Waals surface area contributed by atoms with E-state index in [9.17, 15) is 0 Å². The molecule has 0 spiro atoms. The molecule has 0 aliphatic heterocycles. The lowest BCUT2D eigenvalue weighted by Crippen LogP contribution is -2.31. The van der Waals surface area contributed by atoms with Crippen LogP contribution in [0, 0.1) is 0 Å². The van der Waals surface area contributed by atoms with Crippen LogP contribution in [0.4, 0.5) is 0 Å². The summed E-state index contributed by atoms with van der Waals surface area (Å²) in [7, 11) is 0. The fourth-order valence-electron chi connectivity index (χ4n) is 2.14. The van der Waals surface area contributed by atoms with Crippen molar-refractivity contribution in [2.45, 2.75) is 50.0 Å². The number of rotatable bonds is 11. The Morgan fingerprint density at radius 3 is 2.90 bits per heavy atom. The Labute approximate surface area is 136 Å². The van der Waals surface area contributed by atoms with Gasteiger partial charge in [-0.3, -0.25) is 0 Å². The minimum atomic E-state index is 0.618. The molecule has 0 amide bonds. The van der Waals surface area contributed by atoms with Gasteiger partial charge in [-0.15, -0.1) is 18.3 Å². The number of hydrogen-bond donors (Lipinski definition) is 1. The highest BCUT2D eigenvalue weighted by Crippen LogP contribution is 2.23. The zero-order chi connectivity index (χ0) is 14.6. The monoisotopic (exact) mass is 355 g/mol. The van der Waals surface area contributed by atoms with E-state index in [1.165, 1.54) is 30.6 Å². The first-order valence-electron chi connectivity index (χ1n) is 7.49. The van der Waals surface area contributed by atoms with Crippen molar-refractivity contribution in [2.75, 3.05) is 12.3 Å². The Kier molecular flexibility index (Phi) is 10.2. The molecule has 0 heterocycles. The Hall–Kier alpha value is -0.250. The third-order valence-electron chi connectivity index (χ3n) is 3.20. The number of nitrogens with one attached hydrogen (secondary N) is 1. The first-order valence-corrected chi connectivity index (χ1v) is 9.26. The fourth-order valence-corrected chi connectivity index (χ4v) is 3.76. The molecular weight excluding hydrogens is 330 g/mol. The van der Waals surface area contributed by atoms with E-state index in [1.54, 1.807) is 0 Å². The molecule has 0 bridgehead atoms. The summed E-state index contributed by atoms with van der Waals surface area (Å²) in [6.07, 6.45) is 8.34. The predicted molar refractivity (Wildman–Crippen MR) is 95.6 cm³/mol. The van der Waals surface area contributed by atoms with Gasteiger partial charge < -0.3 is 5.32 Å². The van der Waals surface area contributed by atoms with Crippen molar-refractivity contribution in [2.24, 2.45) is 0 Å². The number of thioether (sulfide) groups is 1. The summed E-state index contributed by atoms with van der Waals surface area (Å²) in [5.74, 6) is 1.14. The minimum absolute atomic E-state index is 0.618. The Morgan fingerprint density at radius 1 is 1.35 bits per heavy atom. The molecule has 1 nitrogen and oxygen atoms in total. The zero-order valence-electron chi connectivity index (χ0n) is 12.4. The maximum absolute atomic E-state index is 3.77. The molecule has 1 N–H and O–H groups in total. The average molecular weight is 356 g/mol. The molecule has 0 aliphatic carbocycles. The van der Waals surface area contributed by atoms with E-state index in [-0.39, 0.29) is 0 Å². The molecule has 1 unspecified atom stereocenters. The second kappa shape index (κ2) is 11.4. The van der Waals surface area contributed by atoms with Gasteiger partial charge in [0.05, 0.1) is 0 Å². The van der Waals surface area contributed by atoms with Gasteiger partial charge in [0.25, 0.3) is 0 Å². The summed E-state index contributed by atoms with van der Waals surface area (Å²) in [5, 5.41) is 3.61. The number of hydrogen-bond acceptors (Lipinski definition) is 2. The molecule has 3 heteroatoms. The molecule has 0 saturated heterocycles. The number of halogens is 1. The second-order valence-corrected chi connectivity index (χ2v) is 6.96. The van der Waals surface area contributed by atoms with Gasteiger partial charge in [0.1, 0.15) is 0 Å². The standard InChI is InChI=1S/C17H26BrNS/c1-3-5-6-7-8-11-16(19-4-2)14-20-17-12-9-10-15(18)13-17/h3,9-10,12-13,16,19H,1,4-8,11,14H2,2H3. The third-order valence-corrected chi connectivity index (χ3v) is 4.85. The quantitative estimate of drug-likeness (QED) is 0.312. The number of unbranched alkanes of at least 4 members (excludes halogenated alkanes) is 3. The topological polar surface area (TPSA) is 12.0 Å². The summed E-state index contributed by atoms with van der Waals surface area (Å²) in [6.45, 7) is 7.01. The van der Waals surface area contributed by atoms with E-state index < -0.39 is 0 Å². The first kappa shape index (κ1) is 17.8. The summed E-state index contributed by atoms with van der Waals surface area (Å²) < 4.78 is 1.16. The molecule has 0 saturated carbocycles. The van der Waals surface area contributed by atoms with Crippen LogP contribution in [0.3, 0.4) is 0 Å². The molecular formula is C17H26BrNS. The van der Waals surface area contributed by atoms with Crippen LogP contribution in [0.1, 0.15) is 39.0 Å². The fraction of sp³-hybridized carbons (Fsp3) is 0.529. The lowest BCUT2D eigenvalue weighted by atomic mass is 10.1. The maximum atomic E-state index is 3.77. The molecule has 0 radical (unpaired) electrons. The minimum Gasteiger partial charge on any atom is -0.313 e. The van der Waals surface area contributed by atoms with Gasteiger partial charge >= 0.3 is 0 Å². The van der Waals surface area contributed by atoms with Crippen LogP contribution in [0.15, 0.2) is 46.3 Å². The smallest absolute Gasteiger partial charge is 0.0186 e. The lowest BCUT2D eigenvalue weighted by Gasteiger charge is -2.17. The van der Waals surface area contributed by atoms with Gasteiger partial charge in [-0.1, -0.05) is 47.8 Å². The highest BCUT2D eigenvalue weighted by Gasteiger charge is 2.07. The van der Waals surface area contributed by atoms with Crippen LogP contribution in [-0.2, 0) is 0 Å². The van der Waals surface area contributed by atoms with E-state index >= 15 is 0 Å². The molecule has 0 fully saturated rings. The lowest BCUT2D eigenvalue weighted by molar-refractivity contribution is 0.502. The van der Waals surface area contributed by atoms with E-state index in [0.29, 0.717) is 6.04 Å². The van der Waals surface area contributed by atoms with Crippen molar-refractivity contribution in [1.29, 1.82) is 0 Å². The van der Waals surface area contributed by atoms with Gasteiger partial charge in [-0.25, -0.2) is 0 Å². The predicted octanol–water partition coefficient (Wildman–Crippen LogP) is 5.66. The SMILES string of the molecule is C=CCCCCCC(CSc1cccc(Br)c1)NCC. The van der Waals surface area contributed by atoms with Crippen LogP contribution in [-0.4, -0.2) is 18.3 Å². The second-order valence-electron chi connectivity index (χ2n) is 4.95. The molecule has 1 aromatic carbocycles. The maximum Gasteiger partial charge on any atom is 0.0186 e. The van der Waals surface area contributed by atoms with Crippen LogP contribution >= 0.6 is 27.7 Å². The highest BCUT2D eigenvalue weighted by molar-refractivity contribution is 9.10. The highest BCUT2D eigenvalue weighted by atomic mass is 79.9. The van der Waals surface area contributed by atoms with Crippen LogP contribution in [0.2, 0.25) is 0 Å². The number of benzene rings is 1. The van der Waals surface area contributed by atoms with Crippen LogP contribution in [0.5, 0.6) is 0 Å². The zero-order valence-corrected chi connectivity index (χ0v) is 14.8. The molecule has 0 aromatic heterocycles. The van der Waals surface area contributed by atoms with Gasteiger partial charge in [0, 0.05) is 21.2 Å². The van der Waals surface area contributed by atoms with Crippen molar-refractivity contribution < 1.29 is 0 Å². The van der Waals surface area contributed by atoms with Crippen molar-refractivity contribution in [3.8, 4) is 0 Å². The van der Waals surface area contributed by atoms with E-state index in [1.807, 2.05) is 17.8 Å². The Morgan fingerprint density at radius 2 is 2.20 bits per heavy atom. The Balaban J connectivity index is 2.29. The largest absolute Gasteiger partial charge is 0.313 e. The Bertz CT molecular complexity index is 381. The van der Waals surface area contributed by atoms with Gasteiger partial charge in [0.15, 0.2) is 0 Å². The van der Waals surface area contributed by atoms with Gasteiger partial charge in [-0.05, 0) is 44.0 Å². The van der Waals surface area contributed by atoms with Crippen molar-refractivity contribution in [1.82, 2.24) is 5.32 Å². The van der Waals surface area contributed by atoms with Crippen LogP contribution < -0.4 is 5.32 Å². The van der Waals surface area contributed by atoms with Gasteiger partial charge in [-0.2, -0.15) is 0 Å². The molecule has 1 atom stereocenters. The van der Waals surface area contributed by atoms with Gasteiger partial charge in [0.2, 0.25) is 0 Å². The summed E-state index contributed by atoms with van der Waals surface area (Å²) in [6, 6.07) is 9.17. The molecule has 1 rings (SSSR count). The summed E-state index contributed by atoms with van der Waals surface area (Å²) in [5.41, 5.74) is 0. The average Bonchev–Trinajstić information content (AvgIpc) is 2.44. The van der Waals surface area contributed by atoms with E-state index in [4.69, 9.17) is 0 Å². The van der Waals surface area contributed by atoms with E-state index in [0.717, 1.165) is 23.2 Å². The molecule has 0 aliphatic rings. The summed E-state index contributed by atoms with van der Waals surface area (Å²) in [4.78, 5) is 1.34. The third kappa shape index (κ3) is 8.13. The number of allylic oxidation sites excluding steroid dienone is 1. The molecule has 1 aromatic rings. The van der Waals surface area contributed by atoms with Crippen molar-refractivity contribution in [3.05, 3.63) is 41.4 Å². The molecule has 112 valence electrons. The van der Waals surface area contributed by atoms with E-state index in [2.05, 4.69) is 59.0 Å². The van der Waals surface area contributed by atoms with Crippen LogP contribution in [0.25, 0.3) is 0 Å².